The lowest BCUT2D eigenvalue weighted by atomic mass is 10.0. The fourth-order valence-corrected chi connectivity index (χ4v) is 2.93. The first kappa shape index (κ1) is 20.1. The largest absolute Gasteiger partial charge is 0.482 e. The minimum atomic E-state index is -0.600. The molecule has 1 N–H and O–H groups in total. The molecule has 148 valence electrons. The highest BCUT2D eigenvalue weighted by atomic mass is 16.6. The van der Waals surface area contributed by atoms with E-state index in [0.29, 0.717) is 11.4 Å². The van der Waals surface area contributed by atoms with E-state index in [9.17, 15) is 9.59 Å². The van der Waals surface area contributed by atoms with Gasteiger partial charge in [-0.2, -0.15) is 0 Å². The average Bonchev–Trinajstić information content (AvgIpc) is 2.72. The van der Waals surface area contributed by atoms with Gasteiger partial charge in [0.25, 0.3) is 5.91 Å². The Balaban J connectivity index is 1.52. The molecule has 0 spiro atoms. The van der Waals surface area contributed by atoms with Gasteiger partial charge < -0.3 is 14.8 Å². The zero-order valence-corrected chi connectivity index (χ0v) is 16.5. The van der Waals surface area contributed by atoms with Crippen molar-refractivity contribution < 1.29 is 19.1 Å². The van der Waals surface area contributed by atoms with E-state index < -0.39 is 11.9 Å². The third-order valence-electron chi connectivity index (χ3n) is 4.33. The molecule has 3 rings (SSSR count). The number of carbonyl (C=O) groups excluding carboxylic acids is 2. The number of esters is 1. The lowest BCUT2D eigenvalue weighted by Crippen LogP contribution is -2.24. The molecule has 0 heterocycles. The normalized spacial score (nSPS) is 10.3. The van der Waals surface area contributed by atoms with Gasteiger partial charge in [-0.1, -0.05) is 66.2 Å². The number of rotatable bonds is 7. The average molecular weight is 389 g/mol. The molecule has 3 aromatic rings. The summed E-state index contributed by atoms with van der Waals surface area (Å²) in [5.41, 5.74) is 4.59. The summed E-state index contributed by atoms with van der Waals surface area (Å²) >= 11 is 0. The van der Waals surface area contributed by atoms with Crippen LogP contribution in [-0.4, -0.2) is 25.1 Å². The smallest absolute Gasteiger partial charge is 0.344 e. The molecule has 0 bridgehead atoms. The highest BCUT2D eigenvalue weighted by molar-refractivity contribution is 5.96. The third kappa shape index (κ3) is 5.69. The Labute approximate surface area is 170 Å². The van der Waals surface area contributed by atoms with E-state index in [1.165, 1.54) is 0 Å². The first-order chi connectivity index (χ1) is 14.0. The second-order valence-corrected chi connectivity index (χ2v) is 6.68. The van der Waals surface area contributed by atoms with Crippen LogP contribution in [0.25, 0.3) is 11.1 Å². The molecule has 0 aliphatic carbocycles. The van der Waals surface area contributed by atoms with Crippen LogP contribution in [0, 0.1) is 13.8 Å². The number of para-hydroxylation sites is 1. The van der Waals surface area contributed by atoms with E-state index in [-0.39, 0.29) is 13.2 Å². The lowest BCUT2D eigenvalue weighted by Gasteiger charge is -2.12. The van der Waals surface area contributed by atoms with Gasteiger partial charge in [-0.15, -0.1) is 0 Å². The molecule has 5 nitrogen and oxygen atoms in total. The van der Waals surface area contributed by atoms with Gasteiger partial charge in [0.05, 0.1) is 0 Å². The molecular weight excluding hydrogens is 366 g/mol. The van der Waals surface area contributed by atoms with E-state index in [2.05, 4.69) is 5.32 Å². The molecule has 0 aromatic heterocycles. The Morgan fingerprint density at radius 3 is 2.34 bits per heavy atom. The predicted molar refractivity (Wildman–Crippen MR) is 113 cm³/mol. The molecule has 1 amide bonds. The van der Waals surface area contributed by atoms with Gasteiger partial charge in [-0.25, -0.2) is 4.79 Å². The van der Waals surface area contributed by atoms with Gasteiger partial charge in [0.2, 0.25) is 0 Å². The molecule has 0 saturated carbocycles. The highest BCUT2D eigenvalue weighted by Crippen LogP contribution is 2.27. The van der Waals surface area contributed by atoms with Crippen LogP contribution in [0.15, 0.2) is 72.8 Å². The van der Waals surface area contributed by atoms with Crippen molar-refractivity contribution in [1.29, 1.82) is 0 Å². The molecule has 0 saturated heterocycles. The zero-order valence-electron chi connectivity index (χ0n) is 16.5. The lowest BCUT2D eigenvalue weighted by molar-refractivity contribution is -0.149. The number of anilines is 1. The van der Waals surface area contributed by atoms with Crippen molar-refractivity contribution in [2.45, 2.75) is 13.8 Å². The van der Waals surface area contributed by atoms with Crippen molar-refractivity contribution in [3.63, 3.8) is 0 Å². The Bertz CT molecular complexity index is 999. The Morgan fingerprint density at radius 2 is 1.59 bits per heavy atom. The van der Waals surface area contributed by atoms with Crippen LogP contribution in [0.4, 0.5) is 5.69 Å². The maximum atomic E-state index is 12.2. The van der Waals surface area contributed by atoms with Crippen LogP contribution >= 0.6 is 0 Å². The molecule has 5 heteroatoms. The molecule has 3 aromatic carbocycles. The number of ether oxygens (including phenoxy) is 2. The molecule has 0 fully saturated rings. The monoisotopic (exact) mass is 389 g/mol. The molecule has 0 aliphatic rings. The van der Waals surface area contributed by atoms with E-state index in [0.717, 1.165) is 22.3 Å². The second kappa shape index (κ2) is 9.55. The Morgan fingerprint density at radius 1 is 0.862 bits per heavy atom. The summed E-state index contributed by atoms with van der Waals surface area (Å²) in [5.74, 6) is -0.390. The molecule has 29 heavy (non-hydrogen) atoms. The standard InChI is InChI=1S/C24H23NO4/c1-17-12-13-22(18(2)14-17)28-16-24(27)29-15-23(26)25-21-11-7-6-10-20(21)19-8-4-3-5-9-19/h3-14H,15-16H2,1-2H3,(H,25,26). The van der Waals surface area contributed by atoms with E-state index >= 15 is 0 Å². The van der Waals surface area contributed by atoms with Crippen LogP contribution < -0.4 is 10.1 Å². The summed E-state index contributed by atoms with van der Waals surface area (Å²) in [6.45, 7) is 3.26. The first-order valence-electron chi connectivity index (χ1n) is 9.33. The molecule has 0 radical (unpaired) electrons. The molecule has 0 unspecified atom stereocenters. The number of hydrogen-bond acceptors (Lipinski definition) is 4. The van der Waals surface area contributed by atoms with Gasteiger partial charge in [0.15, 0.2) is 13.2 Å². The molecule has 0 atom stereocenters. The summed E-state index contributed by atoms with van der Waals surface area (Å²) < 4.78 is 10.5. The minimum absolute atomic E-state index is 0.252. The van der Waals surface area contributed by atoms with Crippen LogP contribution in [0.5, 0.6) is 5.75 Å². The van der Waals surface area contributed by atoms with Crippen molar-refractivity contribution in [2.24, 2.45) is 0 Å². The zero-order chi connectivity index (χ0) is 20.6. The van der Waals surface area contributed by atoms with E-state index in [4.69, 9.17) is 9.47 Å². The van der Waals surface area contributed by atoms with Crippen molar-refractivity contribution in [2.75, 3.05) is 18.5 Å². The van der Waals surface area contributed by atoms with Crippen molar-refractivity contribution in [3.8, 4) is 16.9 Å². The Kier molecular flexibility index (Phi) is 6.63. The summed E-state index contributed by atoms with van der Waals surface area (Å²) in [6.07, 6.45) is 0. The van der Waals surface area contributed by atoms with Crippen molar-refractivity contribution in [1.82, 2.24) is 0 Å². The number of benzene rings is 3. The Hall–Kier alpha value is -3.60. The second-order valence-electron chi connectivity index (χ2n) is 6.68. The number of carbonyl (C=O) groups is 2. The van der Waals surface area contributed by atoms with Crippen LogP contribution in [0.2, 0.25) is 0 Å². The molecule has 0 aliphatic heterocycles. The summed E-state index contributed by atoms with van der Waals surface area (Å²) in [4.78, 5) is 24.1. The highest BCUT2D eigenvalue weighted by Gasteiger charge is 2.12. The van der Waals surface area contributed by atoms with Gasteiger partial charge in [-0.3, -0.25) is 4.79 Å². The minimum Gasteiger partial charge on any atom is -0.482 e. The summed E-state index contributed by atoms with van der Waals surface area (Å²) in [5, 5.41) is 2.80. The van der Waals surface area contributed by atoms with Gasteiger partial charge in [-0.05, 0) is 37.1 Å². The maximum Gasteiger partial charge on any atom is 0.344 e. The maximum absolute atomic E-state index is 12.2. The first-order valence-corrected chi connectivity index (χ1v) is 9.33. The number of nitrogens with one attached hydrogen (secondary N) is 1. The van der Waals surface area contributed by atoms with Crippen LogP contribution in [0.3, 0.4) is 0 Å². The topological polar surface area (TPSA) is 64.6 Å². The fourth-order valence-electron chi connectivity index (χ4n) is 2.93. The summed E-state index contributed by atoms with van der Waals surface area (Å²) in [6, 6.07) is 22.9. The van der Waals surface area contributed by atoms with Gasteiger partial charge >= 0.3 is 5.97 Å². The third-order valence-corrected chi connectivity index (χ3v) is 4.33. The number of aryl methyl sites for hydroxylation is 2. The van der Waals surface area contributed by atoms with Gasteiger partial charge in [0, 0.05) is 11.3 Å². The quantitative estimate of drug-likeness (QED) is 0.603. The predicted octanol–water partition coefficient (Wildman–Crippen LogP) is 4.53. The SMILES string of the molecule is Cc1ccc(OCC(=O)OCC(=O)Nc2ccccc2-c2ccccc2)c(C)c1. The van der Waals surface area contributed by atoms with Crippen molar-refractivity contribution in [3.05, 3.63) is 83.9 Å². The molecular formula is C24H23NO4. The van der Waals surface area contributed by atoms with Gasteiger partial charge in [0.1, 0.15) is 5.75 Å². The van der Waals surface area contributed by atoms with Crippen LogP contribution in [0.1, 0.15) is 11.1 Å². The van der Waals surface area contributed by atoms with Crippen molar-refractivity contribution >= 4 is 17.6 Å². The number of amides is 1. The number of hydrogen-bond donors (Lipinski definition) is 1. The van der Waals surface area contributed by atoms with E-state index in [1.54, 1.807) is 0 Å². The summed E-state index contributed by atoms with van der Waals surface area (Å²) in [7, 11) is 0. The van der Waals surface area contributed by atoms with E-state index in [1.807, 2.05) is 86.6 Å². The fraction of sp³-hybridized carbons (Fsp3) is 0.167. The van der Waals surface area contributed by atoms with Crippen LogP contribution in [-0.2, 0) is 14.3 Å².